The highest BCUT2D eigenvalue weighted by molar-refractivity contribution is 7.92. The second kappa shape index (κ2) is 32.8. The highest BCUT2D eigenvalue weighted by atomic mass is 35.5. The lowest BCUT2D eigenvalue weighted by Gasteiger charge is -2.14. The number of aromatic nitrogens is 6. The van der Waals surface area contributed by atoms with Crippen LogP contribution in [0.1, 0.15) is 22.5 Å². The van der Waals surface area contributed by atoms with Crippen LogP contribution < -0.4 is 24.8 Å². The van der Waals surface area contributed by atoms with Gasteiger partial charge in [0.25, 0.3) is 30.3 Å². The smallest absolute Gasteiger partial charge is 0.294 e. The van der Waals surface area contributed by atoms with E-state index in [-0.39, 0.29) is 45.0 Å². The summed E-state index contributed by atoms with van der Waals surface area (Å²) in [4.78, 5) is 16.6. The Balaban J connectivity index is 0.000000192. The number of sulfone groups is 1. The molecule has 5 heterocycles. The Bertz CT molecular complexity index is 5240. The van der Waals surface area contributed by atoms with Gasteiger partial charge in [-0.15, -0.1) is 0 Å². The van der Waals surface area contributed by atoms with E-state index in [1.54, 1.807) is 67.1 Å². The minimum Gasteiger partial charge on any atom is -0.487 e. The number of nitrogens with one attached hydrogen (secondary N) is 3. The van der Waals surface area contributed by atoms with Crippen molar-refractivity contribution in [3.8, 4) is 45.2 Å². The molecule has 0 atom stereocenters. The number of hydrogen-bond acceptors (Lipinski definition) is 19. The van der Waals surface area contributed by atoms with Crippen molar-refractivity contribution in [3.63, 3.8) is 0 Å². The Kier molecular flexibility index (Phi) is 24.7. The van der Waals surface area contributed by atoms with Crippen LogP contribution in [0.4, 0.5) is 30.4 Å². The third-order valence-corrected chi connectivity index (χ3v) is 18.5. The predicted octanol–water partition coefficient (Wildman–Crippen LogP) is 12.6. The first-order valence-corrected chi connectivity index (χ1v) is 35.8. The van der Waals surface area contributed by atoms with Gasteiger partial charge in [0.15, 0.2) is 0 Å². The lowest BCUT2D eigenvalue weighted by molar-refractivity contribution is 0.306. The van der Waals surface area contributed by atoms with E-state index in [1.807, 2.05) is 80.6 Å². The Labute approximate surface area is 572 Å². The summed E-state index contributed by atoms with van der Waals surface area (Å²) in [5, 5.41) is 16.2. The number of furan rings is 1. The van der Waals surface area contributed by atoms with Gasteiger partial charge in [0.05, 0.1) is 57.6 Å². The molecule has 0 amide bonds. The zero-order valence-electron chi connectivity index (χ0n) is 52.7. The van der Waals surface area contributed by atoms with Gasteiger partial charge in [-0.25, -0.2) is 45.0 Å². The molecule has 0 spiro atoms. The number of fused-ring (bicyclic) bond motifs is 2. The third-order valence-electron chi connectivity index (χ3n) is 14.1. The second-order valence-electron chi connectivity index (χ2n) is 21.5. The van der Waals surface area contributed by atoms with Crippen LogP contribution in [0.15, 0.2) is 226 Å². The summed E-state index contributed by atoms with van der Waals surface area (Å²) < 4.78 is 168. The molecule has 5 aromatic heterocycles. The minimum absolute atomic E-state index is 0. The summed E-state index contributed by atoms with van der Waals surface area (Å²) in [7, 11) is -14.1. The highest BCUT2D eigenvalue weighted by Crippen LogP contribution is 2.36. The van der Waals surface area contributed by atoms with E-state index in [0.717, 1.165) is 67.3 Å². The number of methoxy groups -OCH3 is 1. The molecule has 7 aromatic carbocycles. The molecule has 12 aromatic rings. The molecule has 7 N–H and O–H groups in total. The van der Waals surface area contributed by atoms with E-state index < -0.39 is 56.6 Å². The fraction of sp³-hybridized carbons (Fsp3) is 0.118. The SMILES string of the molecule is COc1ncc(-c2ccc3nccc(-c4ccnnc4)c3c2)cc1NS(=O)(=O)c1ccc(F)cc1F.CS(=O)(=O)CCNCc1ccc(-c2ccc3ncnc(Nc4ccc(OCc5cccc(F)c5)c(Cl)c4)c3c2)o1.Cc1ccc(S(=O)(=O)O)cc1.Cc1ccc(S(=O)(=O)O)cc1.O. The first-order chi connectivity index (χ1) is 46.6. The van der Waals surface area contributed by atoms with Crippen molar-refractivity contribution < 1.29 is 75.3 Å². The van der Waals surface area contributed by atoms with Gasteiger partial charge in [0.1, 0.15) is 73.9 Å². The van der Waals surface area contributed by atoms with Crippen LogP contribution in [-0.2, 0) is 53.2 Å². The predicted molar refractivity (Wildman–Crippen MR) is 369 cm³/mol. The van der Waals surface area contributed by atoms with E-state index in [0.29, 0.717) is 64.1 Å². The number of halogens is 4. The van der Waals surface area contributed by atoms with E-state index in [1.165, 1.54) is 68.4 Å². The number of pyridine rings is 2. The van der Waals surface area contributed by atoms with Crippen LogP contribution in [-0.4, -0.2) is 104 Å². The molecule has 0 saturated carbocycles. The van der Waals surface area contributed by atoms with Crippen LogP contribution in [0.5, 0.6) is 11.6 Å². The van der Waals surface area contributed by atoms with Gasteiger partial charge < -0.3 is 30.0 Å². The molecule has 0 bridgehead atoms. The van der Waals surface area contributed by atoms with Crippen molar-refractivity contribution in [1.29, 1.82) is 0 Å². The highest BCUT2D eigenvalue weighted by Gasteiger charge is 2.23. The lowest BCUT2D eigenvalue weighted by atomic mass is 9.99. The standard InChI is InChI=1S/C29H26ClFN4O4S.C25H17F2N5O3S.2C7H8O3S.H2O/c1-40(36,37)12-11-32-16-23-7-10-27(39-23)20-5-8-26-24(14-20)29(34-18-33-26)35-22-6-9-28(25(30)15-22)38-17-19-3-2-4-21(31)13-19;1-35-25-23(32-36(33,34)24-5-3-18(26)12-21(24)27)11-17(13-29-25)15-2-4-22-20(10-15)19(7-8-28-22)16-6-9-30-31-14-16;2*1-6-2-4-7(5-3-6)11(8,9)10;/h2-10,13-15,18,32H,11-12,16-17H2,1H3,(H,33,34,35);2-14,32H,1H3;2*2-5H,1H3,(H,8,9,10);1H2. The largest absolute Gasteiger partial charge is 0.487 e. The topological polar surface area (TPSA) is 354 Å². The van der Waals surface area contributed by atoms with Crippen LogP contribution in [0, 0.1) is 31.3 Å². The normalized spacial score (nSPS) is 11.4. The van der Waals surface area contributed by atoms with Crippen LogP contribution in [0.25, 0.3) is 55.4 Å². The van der Waals surface area contributed by atoms with Gasteiger partial charge in [-0.1, -0.05) is 65.2 Å². The fourth-order valence-corrected chi connectivity index (χ4v) is 12.0. The summed E-state index contributed by atoms with van der Waals surface area (Å²) in [6.07, 6.45) is 9.17. The Hall–Kier alpha value is -10.3. The maximum Gasteiger partial charge on any atom is 0.294 e. The van der Waals surface area contributed by atoms with Crippen molar-refractivity contribution >= 4 is 90.7 Å². The molecule has 514 valence electrons. The zero-order chi connectivity index (χ0) is 70.4. The number of benzene rings is 7. The monoisotopic (exact) mass is 1450 g/mol. The molecule has 0 aliphatic rings. The van der Waals surface area contributed by atoms with Crippen LogP contribution in [0.3, 0.4) is 0 Å². The van der Waals surface area contributed by atoms with Crippen molar-refractivity contribution in [2.75, 3.05) is 35.7 Å². The first kappa shape index (κ1) is 74.5. The Morgan fingerprint density at radius 2 is 1.27 bits per heavy atom. The number of rotatable bonds is 19. The average molecular weight is 1450 g/mol. The third kappa shape index (κ3) is 20.9. The zero-order valence-corrected chi connectivity index (χ0v) is 56.7. The van der Waals surface area contributed by atoms with Crippen molar-refractivity contribution in [1.82, 2.24) is 35.5 Å². The average Bonchev–Trinajstić information content (AvgIpc) is 1.37. The maximum atomic E-state index is 14.2. The summed E-state index contributed by atoms with van der Waals surface area (Å²) >= 11 is 6.47. The van der Waals surface area contributed by atoms with E-state index >= 15 is 0 Å². The second-order valence-corrected chi connectivity index (χ2v) is 28.6. The van der Waals surface area contributed by atoms with Gasteiger partial charge >= 0.3 is 0 Å². The minimum atomic E-state index is -4.40. The molecule has 0 aliphatic carbocycles. The molecule has 0 aliphatic heterocycles. The van der Waals surface area contributed by atoms with Crippen LogP contribution >= 0.6 is 11.6 Å². The summed E-state index contributed by atoms with van der Waals surface area (Å²) in [5.41, 5.74) is 8.69. The molecule has 23 nitrogen and oxygen atoms in total. The maximum absolute atomic E-state index is 14.2. The molecular formula is C68H61ClF3N9O14S4. The molecule has 12 rings (SSSR count). The molecule has 31 heteroatoms. The molecule has 99 heavy (non-hydrogen) atoms. The fourth-order valence-electron chi connectivity index (χ4n) is 9.21. The van der Waals surface area contributed by atoms with Gasteiger partial charge in [-0.2, -0.15) is 27.0 Å². The number of hydrogen-bond donors (Lipinski definition) is 5. The Morgan fingerprint density at radius 1 is 0.606 bits per heavy atom. The number of ether oxygens (including phenoxy) is 2. The van der Waals surface area contributed by atoms with Gasteiger partial charge in [-0.05, 0) is 158 Å². The van der Waals surface area contributed by atoms with Gasteiger partial charge in [0.2, 0.25) is 5.88 Å². The molecule has 0 saturated heterocycles. The molecule has 0 radical (unpaired) electrons. The van der Waals surface area contributed by atoms with Crippen molar-refractivity contribution in [2.24, 2.45) is 0 Å². The summed E-state index contributed by atoms with van der Waals surface area (Å²) in [6, 6.07) is 46.0. The molecule has 0 unspecified atom stereocenters. The van der Waals surface area contributed by atoms with Gasteiger partial charge in [0, 0.05) is 64.4 Å². The van der Waals surface area contributed by atoms with E-state index in [2.05, 4.69) is 45.5 Å². The van der Waals surface area contributed by atoms with Crippen molar-refractivity contribution in [2.45, 2.75) is 41.7 Å². The number of anilines is 3. The number of nitrogens with zero attached hydrogens (tertiary/aromatic N) is 6. The number of aryl methyl sites for hydroxylation is 2. The molecule has 0 fully saturated rings. The van der Waals surface area contributed by atoms with E-state index in [9.17, 15) is 46.8 Å². The first-order valence-electron chi connectivity index (χ1n) is 29.0. The number of sulfonamides is 1. The van der Waals surface area contributed by atoms with Gasteiger partial charge in [-0.3, -0.25) is 18.8 Å². The van der Waals surface area contributed by atoms with Crippen LogP contribution in [0.2, 0.25) is 5.02 Å². The Morgan fingerprint density at radius 3 is 1.90 bits per heavy atom. The van der Waals surface area contributed by atoms with E-state index in [4.69, 9.17) is 34.6 Å². The summed E-state index contributed by atoms with van der Waals surface area (Å²) in [6.45, 7) is 4.64. The quantitative estimate of drug-likeness (QED) is 0.0371. The van der Waals surface area contributed by atoms with Crippen molar-refractivity contribution in [3.05, 3.63) is 252 Å². The molecular weight excluding hydrogens is 1390 g/mol. The summed E-state index contributed by atoms with van der Waals surface area (Å²) in [5.74, 6) is 0.0495. The lowest BCUT2D eigenvalue weighted by Crippen LogP contribution is -2.21.